The molecule has 1 atom stereocenters. The van der Waals surface area contributed by atoms with Gasteiger partial charge in [0.2, 0.25) is 0 Å². The Hall–Kier alpha value is -4.58. The molecule has 0 radical (unpaired) electrons. The summed E-state index contributed by atoms with van der Waals surface area (Å²) >= 11 is 0. The maximum atomic E-state index is 13.3. The van der Waals surface area contributed by atoms with E-state index >= 15 is 0 Å². The molecule has 0 aliphatic carbocycles. The number of likely N-dealkylation sites (tertiary alicyclic amines) is 1. The zero-order valence-electron chi connectivity index (χ0n) is 21.4. The number of amides is 1. The molecule has 38 heavy (non-hydrogen) atoms. The van der Waals surface area contributed by atoms with E-state index in [1.165, 1.54) is 4.90 Å². The van der Waals surface area contributed by atoms with Gasteiger partial charge in [0.1, 0.15) is 12.4 Å². The zero-order chi connectivity index (χ0) is 26.6. The number of ketones is 1. The highest BCUT2D eigenvalue weighted by atomic mass is 16.5. The topological polar surface area (TPSA) is 76.1 Å². The average molecular weight is 508 g/mol. The number of rotatable bonds is 8. The molecule has 4 aromatic carbocycles. The van der Waals surface area contributed by atoms with Crippen LogP contribution in [-0.4, -0.2) is 35.4 Å². The van der Waals surface area contributed by atoms with Gasteiger partial charge in [-0.2, -0.15) is 0 Å². The molecule has 6 heteroatoms. The minimum Gasteiger partial charge on any atom is -0.507 e. The van der Waals surface area contributed by atoms with Crippen LogP contribution in [0, 0.1) is 0 Å². The Morgan fingerprint density at radius 2 is 1.63 bits per heavy atom. The van der Waals surface area contributed by atoms with Crippen LogP contribution in [0.4, 0.5) is 0 Å². The van der Waals surface area contributed by atoms with Crippen LogP contribution in [0.3, 0.4) is 0 Å². The molecule has 0 saturated carbocycles. The molecule has 6 nitrogen and oxygen atoms in total. The van der Waals surface area contributed by atoms with Crippen molar-refractivity contribution in [1.29, 1.82) is 0 Å². The van der Waals surface area contributed by atoms with Gasteiger partial charge in [-0.25, -0.2) is 0 Å². The Morgan fingerprint density at radius 3 is 2.39 bits per heavy atom. The van der Waals surface area contributed by atoms with Crippen molar-refractivity contribution in [3.05, 3.63) is 113 Å². The van der Waals surface area contributed by atoms with E-state index in [9.17, 15) is 14.7 Å². The van der Waals surface area contributed by atoms with Crippen molar-refractivity contribution in [2.75, 3.05) is 13.7 Å². The molecule has 0 spiro atoms. The summed E-state index contributed by atoms with van der Waals surface area (Å²) in [5.74, 6) is -0.487. The lowest BCUT2D eigenvalue weighted by molar-refractivity contribution is -0.139. The highest BCUT2D eigenvalue weighted by molar-refractivity contribution is 6.46. The Morgan fingerprint density at radius 1 is 0.895 bits per heavy atom. The van der Waals surface area contributed by atoms with E-state index in [4.69, 9.17) is 9.47 Å². The minimum atomic E-state index is -0.758. The monoisotopic (exact) mass is 507 g/mol. The first-order chi connectivity index (χ1) is 18.5. The van der Waals surface area contributed by atoms with Gasteiger partial charge in [-0.05, 0) is 40.5 Å². The molecule has 0 bridgehead atoms. The summed E-state index contributed by atoms with van der Waals surface area (Å²) in [5.41, 5.74) is 2.26. The summed E-state index contributed by atoms with van der Waals surface area (Å²) in [6, 6.07) is 27.6. The molecule has 1 aliphatic rings. The van der Waals surface area contributed by atoms with Crippen LogP contribution >= 0.6 is 0 Å². The maximum absolute atomic E-state index is 13.3. The van der Waals surface area contributed by atoms with Gasteiger partial charge in [0, 0.05) is 12.1 Å². The van der Waals surface area contributed by atoms with Gasteiger partial charge < -0.3 is 19.5 Å². The lowest BCUT2D eigenvalue weighted by Crippen LogP contribution is -2.30. The normalized spacial score (nSPS) is 16.7. The van der Waals surface area contributed by atoms with Crippen LogP contribution in [0.5, 0.6) is 11.5 Å². The number of ether oxygens (including phenoxy) is 2. The molecule has 1 heterocycles. The van der Waals surface area contributed by atoms with Crippen molar-refractivity contribution in [2.45, 2.75) is 26.0 Å². The van der Waals surface area contributed by atoms with Crippen LogP contribution in [0.1, 0.15) is 36.1 Å². The van der Waals surface area contributed by atoms with Gasteiger partial charge in [-0.15, -0.1) is 0 Å². The second kappa shape index (κ2) is 10.8. The SMILES string of the molecule is CCCN1C(=O)C(=O)/C(=C(/O)c2cccc3ccccc23)C1c1ccc(OCc2ccccc2)c(OC)c1. The second-order valence-corrected chi connectivity index (χ2v) is 9.20. The number of nitrogens with zero attached hydrogens (tertiary/aromatic N) is 1. The van der Waals surface area contributed by atoms with E-state index < -0.39 is 17.7 Å². The molecular formula is C32H29NO5. The number of carbonyl (C=O) groups excluding carboxylic acids is 2. The largest absolute Gasteiger partial charge is 0.507 e. The van der Waals surface area contributed by atoms with Crippen molar-refractivity contribution >= 4 is 28.2 Å². The summed E-state index contributed by atoms with van der Waals surface area (Å²) in [6.07, 6.45) is 0.660. The third-order valence-electron chi connectivity index (χ3n) is 6.79. The van der Waals surface area contributed by atoms with Crippen LogP contribution in [0.15, 0.2) is 96.6 Å². The predicted molar refractivity (Wildman–Crippen MR) is 147 cm³/mol. The van der Waals surface area contributed by atoms with Crippen LogP contribution in [-0.2, 0) is 16.2 Å². The number of hydrogen-bond acceptors (Lipinski definition) is 5. The Balaban J connectivity index is 1.59. The Kier molecular flexibility index (Phi) is 7.13. The lowest BCUT2D eigenvalue weighted by Gasteiger charge is -2.25. The summed E-state index contributed by atoms with van der Waals surface area (Å²) < 4.78 is 11.6. The molecule has 5 rings (SSSR count). The number of Topliss-reactive ketones (excluding diaryl/α,β-unsaturated/α-hetero) is 1. The predicted octanol–water partition coefficient (Wildman–Crippen LogP) is 6.26. The van der Waals surface area contributed by atoms with Crippen molar-refractivity contribution in [3.63, 3.8) is 0 Å². The maximum Gasteiger partial charge on any atom is 0.295 e. The first-order valence-electron chi connectivity index (χ1n) is 12.6. The van der Waals surface area contributed by atoms with Crippen LogP contribution in [0.25, 0.3) is 16.5 Å². The molecular weight excluding hydrogens is 478 g/mol. The van der Waals surface area contributed by atoms with E-state index in [0.29, 0.717) is 42.2 Å². The van der Waals surface area contributed by atoms with E-state index in [2.05, 4.69) is 0 Å². The van der Waals surface area contributed by atoms with Gasteiger partial charge in [0.15, 0.2) is 11.5 Å². The number of fused-ring (bicyclic) bond motifs is 1. The van der Waals surface area contributed by atoms with Crippen molar-refractivity contribution in [2.24, 2.45) is 0 Å². The number of hydrogen-bond donors (Lipinski definition) is 1. The Bertz CT molecular complexity index is 1520. The number of aliphatic hydroxyl groups excluding tert-OH is 1. The summed E-state index contributed by atoms with van der Waals surface area (Å²) in [7, 11) is 1.55. The molecule has 1 amide bonds. The van der Waals surface area contributed by atoms with E-state index in [1.54, 1.807) is 25.3 Å². The molecule has 0 aromatic heterocycles. The van der Waals surface area contributed by atoms with Crippen molar-refractivity contribution in [1.82, 2.24) is 4.90 Å². The molecule has 1 saturated heterocycles. The van der Waals surface area contributed by atoms with E-state index in [1.807, 2.05) is 79.7 Å². The van der Waals surface area contributed by atoms with Gasteiger partial charge in [0.05, 0.1) is 18.7 Å². The van der Waals surface area contributed by atoms with Gasteiger partial charge in [-0.1, -0.05) is 85.8 Å². The fourth-order valence-electron chi connectivity index (χ4n) is 4.98. The highest BCUT2D eigenvalue weighted by Gasteiger charge is 2.46. The smallest absolute Gasteiger partial charge is 0.295 e. The fraction of sp³-hybridized carbons (Fsp3) is 0.188. The summed E-state index contributed by atoms with van der Waals surface area (Å²) in [6.45, 7) is 2.68. The molecule has 1 unspecified atom stereocenters. The number of aliphatic hydroxyl groups is 1. The molecule has 192 valence electrons. The van der Waals surface area contributed by atoms with Crippen molar-refractivity contribution < 1.29 is 24.2 Å². The highest BCUT2D eigenvalue weighted by Crippen LogP contribution is 2.43. The first kappa shape index (κ1) is 25.1. The number of benzene rings is 4. The molecule has 1 aliphatic heterocycles. The molecule has 1 N–H and O–H groups in total. The van der Waals surface area contributed by atoms with E-state index in [0.717, 1.165) is 16.3 Å². The zero-order valence-corrected chi connectivity index (χ0v) is 21.4. The quantitative estimate of drug-likeness (QED) is 0.173. The van der Waals surface area contributed by atoms with Crippen molar-refractivity contribution in [3.8, 4) is 11.5 Å². The van der Waals surface area contributed by atoms with Gasteiger partial charge in [-0.3, -0.25) is 9.59 Å². The minimum absolute atomic E-state index is 0.0693. The Labute approximate surface area is 221 Å². The average Bonchev–Trinajstić information content (AvgIpc) is 3.21. The van der Waals surface area contributed by atoms with Gasteiger partial charge >= 0.3 is 0 Å². The first-order valence-corrected chi connectivity index (χ1v) is 12.6. The lowest BCUT2D eigenvalue weighted by atomic mass is 9.93. The number of methoxy groups -OCH3 is 1. The van der Waals surface area contributed by atoms with Crippen LogP contribution in [0.2, 0.25) is 0 Å². The van der Waals surface area contributed by atoms with Gasteiger partial charge in [0.25, 0.3) is 11.7 Å². The molecule has 4 aromatic rings. The fourth-order valence-corrected chi connectivity index (χ4v) is 4.98. The van der Waals surface area contributed by atoms with Crippen LogP contribution < -0.4 is 9.47 Å². The summed E-state index contributed by atoms with van der Waals surface area (Å²) in [5, 5.41) is 13.3. The van der Waals surface area contributed by atoms with E-state index in [-0.39, 0.29) is 11.3 Å². The third kappa shape index (κ3) is 4.61. The number of carbonyl (C=O) groups is 2. The third-order valence-corrected chi connectivity index (χ3v) is 6.79. The second-order valence-electron chi connectivity index (χ2n) is 9.20. The standard InChI is InChI=1S/C32H29NO5/c1-3-18-33-29(23-16-17-26(27(19-23)37-2)38-20-21-10-5-4-6-11-21)28(31(35)32(33)36)30(34)25-15-9-13-22-12-7-8-14-24(22)25/h4-17,19,29,34H,3,18,20H2,1-2H3/b30-28+. The summed E-state index contributed by atoms with van der Waals surface area (Å²) in [4.78, 5) is 28.0. The molecule has 1 fully saturated rings.